The smallest absolute Gasteiger partial charge is 0.260 e. The molecule has 1 aromatic carbocycles. The highest BCUT2D eigenvalue weighted by molar-refractivity contribution is 7.99. The Morgan fingerprint density at radius 2 is 2.20 bits per heavy atom. The maximum atomic E-state index is 12.7. The number of nitrogens with zero attached hydrogens (tertiary/aromatic N) is 1. The number of amides is 1. The second kappa shape index (κ2) is 8.55. The average Bonchev–Trinajstić information content (AvgIpc) is 3.05. The lowest BCUT2D eigenvalue weighted by molar-refractivity contribution is -0.113. The monoisotopic (exact) mass is 441 g/mol. The van der Waals surface area contributed by atoms with Gasteiger partial charge in [0, 0.05) is 10.6 Å². The summed E-state index contributed by atoms with van der Waals surface area (Å²) in [5, 5.41) is 4.30. The van der Waals surface area contributed by atoms with E-state index in [1.165, 1.54) is 22.2 Å². The zero-order valence-electron chi connectivity index (χ0n) is 17.8. The van der Waals surface area contributed by atoms with Gasteiger partial charge in [0.05, 0.1) is 11.1 Å². The molecule has 0 aliphatic heterocycles. The van der Waals surface area contributed by atoms with Crippen molar-refractivity contribution in [2.45, 2.75) is 58.0 Å². The molecule has 2 N–H and O–H groups in total. The molecule has 1 aliphatic rings. The van der Waals surface area contributed by atoms with Crippen LogP contribution in [0.5, 0.6) is 0 Å². The Morgan fingerprint density at radius 1 is 1.40 bits per heavy atom. The molecule has 0 fully saturated rings. The van der Waals surface area contributed by atoms with Gasteiger partial charge in [0.1, 0.15) is 4.83 Å². The third-order valence-electron chi connectivity index (χ3n) is 5.68. The number of aromatic amines is 1. The van der Waals surface area contributed by atoms with Crippen LogP contribution in [0.15, 0.2) is 28.2 Å². The number of fused-ring (bicyclic) bond motifs is 3. The van der Waals surface area contributed by atoms with Crippen LogP contribution in [-0.2, 0) is 17.6 Å². The lowest BCUT2D eigenvalue weighted by Crippen LogP contribution is -2.17. The van der Waals surface area contributed by atoms with E-state index in [2.05, 4.69) is 36.1 Å². The Labute approximate surface area is 184 Å². The van der Waals surface area contributed by atoms with Crippen molar-refractivity contribution in [1.82, 2.24) is 9.97 Å². The normalized spacial score (nSPS) is 16.1. The van der Waals surface area contributed by atoms with E-state index >= 15 is 0 Å². The highest BCUT2D eigenvalue weighted by Gasteiger charge is 2.23. The fourth-order valence-corrected chi connectivity index (χ4v) is 6.15. The standard InChI is InChI=1S/C23H27N3O2S2/c1-12(2)15-7-5-6-14(4)20(15)24-18(27)11-29-23-25-21(28)19-16-9-8-13(3)10-17(16)30-22(19)26-23/h5-7,12-13H,8-11H2,1-4H3,(H,24,27)(H,25,26,28). The quantitative estimate of drug-likeness (QED) is 0.418. The molecule has 0 saturated carbocycles. The minimum Gasteiger partial charge on any atom is -0.325 e. The number of aryl methyl sites for hydroxylation is 2. The van der Waals surface area contributed by atoms with Gasteiger partial charge in [-0.1, -0.05) is 50.7 Å². The first kappa shape index (κ1) is 21.1. The van der Waals surface area contributed by atoms with Crippen molar-refractivity contribution in [2.24, 2.45) is 5.92 Å². The van der Waals surface area contributed by atoms with E-state index in [9.17, 15) is 9.59 Å². The topological polar surface area (TPSA) is 74.8 Å². The van der Waals surface area contributed by atoms with E-state index < -0.39 is 0 Å². The van der Waals surface area contributed by atoms with E-state index in [4.69, 9.17) is 0 Å². The van der Waals surface area contributed by atoms with Gasteiger partial charge in [-0.2, -0.15) is 0 Å². The number of thiophene rings is 1. The van der Waals surface area contributed by atoms with Gasteiger partial charge in [0.25, 0.3) is 5.56 Å². The van der Waals surface area contributed by atoms with Gasteiger partial charge in [-0.3, -0.25) is 9.59 Å². The highest BCUT2D eigenvalue weighted by Crippen LogP contribution is 2.36. The van der Waals surface area contributed by atoms with Crippen molar-refractivity contribution >= 4 is 44.9 Å². The highest BCUT2D eigenvalue weighted by atomic mass is 32.2. The second-order valence-electron chi connectivity index (χ2n) is 8.43. The number of para-hydroxylation sites is 1. The van der Waals surface area contributed by atoms with Crippen molar-refractivity contribution in [3.05, 3.63) is 50.1 Å². The molecule has 0 bridgehead atoms. The van der Waals surface area contributed by atoms with Crippen LogP contribution in [-0.4, -0.2) is 21.6 Å². The largest absolute Gasteiger partial charge is 0.325 e. The number of carbonyl (C=O) groups excluding carboxylic acids is 1. The Kier molecular flexibility index (Phi) is 6.02. The summed E-state index contributed by atoms with van der Waals surface area (Å²) < 4.78 is 0. The number of anilines is 1. The first-order chi connectivity index (χ1) is 14.3. The fraction of sp³-hybridized carbons (Fsp3) is 0.435. The van der Waals surface area contributed by atoms with Crippen LogP contribution in [0.1, 0.15) is 54.7 Å². The number of aromatic nitrogens is 2. The van der Waals surface area contributed by atoms with E-state index in [1.54, 1.807) is 11.3 Å². The second-order valence-corrected chi connectivity index (χ2v) is 10.5. The van der Waals surface area contributed by atoms with Gasteiger partial charge < -0.3 is 10.3 Å². The SMILES string of the molecule is Cc1cccc(C(C)C)c1NC(=O)CSc1nc2sc3c(c2c(=O)[nH]1)CCC(C)C3. The Balaban J connectivity index is 1.51. The Bertz CT molecular complexity index is 1160. The Morgan fingerprint density at radius 3 is 2.97 bits per heavy atom. The van der Waals surface area contributed by atoms with Crippen LogP contribution in [0.25, 0.3) is 10.2 Å². The molecule has 1 atom stereocenters. The summed E-state index contributed by atoms with van der Waals surface area (Å²) >= 11 is 2.90. The van der Waals surface area contributed by atoms with Gasteiger partial charge in [0.15, 0.2) is 5.16 Å². The number of benzene rings is 1. The lowest BCUT2D eigenvalue weighted by atomic mass is 9.89. The number of rotatable bonds is 5. The fourth-order valence-electron chi connectivity index (χ4n) is 4.05. The molecular formula is C23H27N3O2S2. The number of H-pyrrole nitrogens is 1. The summed E-state index contributed by atoms with van der Waals surface area (Å²) in [6, 6.07) is 6.06. The van der Waals surface area contributed by atoms with Gasteiger partial charge in [-0.25, -0.2) is 4.98 Å². The third kappa shape index (κ3) is 4.18. The zero-order valence-corrected chi connectivity index (χ0v) is 19.4. The van der Waals surface area contributed by atoms with Gasteiger partial charge in [-0.15, -0.1) is 11.3 Å². The van der Waals surface area contributed by atoms with E-state index in [0.29, 0.717) is 17.0 Å². The van der Waals surface area contributed by atoms with E-state index in [0.717, 1.165) is 46.3 Å². The molecule has 4 rings (SSSR count). The molecule has 1 amide bonds. The Hall–Kier alpha value is -2.12. The van der Waals surface area contributed by atoms with Gasteiger partial charge in [0.2, 0.25) is 5.91 Å². The molecule has 30 heavy (non-hydrogen) atoms. The lowest BCUT2D eigenvalue weighted by Gasteiger charge is -2.17. The average molecular weight is 442 g/mol. The zero-order chi connectivity index (χ0) is 21.4. The molecule has 0 saturated heterocycles. The number of carbonyl (C=O) groups is 1. The van der Waals surface area contributed by atoms with Crippen LogP contribution in [0, 0.1) is 12.8 Å². The molecular weight excluding hydrogens is 414 g/mol. The predicted molar refractivity (Wildman–Crippen MR) is 126 cm³/mol. The van der Waals surface area contributed by atoms with Crippen molar-refractivity contribution < 1.29 is 4.79 Å². The van der Waals surface area contributed by atoms with Crippen molar-refractivity contribution in [1.29, 1.82) is 0 Å². The van der Waals surface area contributed by atoms with Crippen LogP contribution < -0.4 is 10.9 Å². The van der Waals surface area contributed by atoms with Crippen LogP contribution in [0.4, 0.5) is 5.69 Å². The summed E-state index contributed by atoms with van der Waals surface area (Å²) in [7, 11) is 0. The third-order valence-corrected chi connectivity index (χ3v) is 7.70. The van der Waals surface area contributed by atoms with Crippen molar-refractivity contribution in [2.75, 3.05) is 11.1 Å². The van der Waals surface area contributed by atoms with Crippen molar-refractivity contribution in [3.63, 3.8) is 0 Å². The molecule has 5 nitrogen and oxygen atoms in total. The first-order valence-corrected chi connectivity index (χ1v) is 12.2. The van der Waals surface area contributed by atoms with E-state index in [-0.39, 0.29) is 17.2 Å². The summed E-state index contributed by atoms with van der Waals surface area (Å²) in [6.45, 7) is 8.49. The van der Waals surface area contributed by atoms with Crippen LogP contribution >= 0.6 is 23.1 Å². The number of nitrogens with one attached hydrogen (secondary N) is 2. The molecule has 7 heteroatoms. The van der Waals surface area contributed by atoms with Gasteiger partial charge in [-0.05, 0) is 54.7 Å². The summed E-state index contributed by atoms with van der Waals surface area (Å²) in [6.07, 6.45) is 3.09. The number of thioether (sulfide) groups is 1. The van der Waals surface area contributed by atoms with Crippen molar-refractivity contribution in [3.8, 4) is 0 Å². The maximum absolute atomic E-state index is 12.7. The summed E-state index contributed by atoms with van der Waals surface area (Å²) in [5.41, 5.74) is 4.15. The minimum atomic E-state index is -0.0988. The first-order valence-electron chi connectivity index (χ1n) is 10.4. The summed E-state index contributed by atoms with van der Waals surface area (Å²) in [5.74, 6) is 1.07. The maximum Gasteiger partial charge on any atom is 0.260 e. The molecule has 0 spiro atoms. The summed E-state index contributed by atoms with van der Waals surface area (Å²) in [4.78, 5) is 34.9. The molecule has 1 unspecified atom stereocenters. The molecule has 0 radical (unpaired) electrons. The molecule has 158 valence electrons. The molecule has 2 heterocycles. The van der Waals surface area contributed by atoms with Crippen LogP contribution in [0.3, 0.4) is 0 Å². The van der Waals surface area contributed by atoms with Crippen LogP contribution in [0.2, 0.25) is 0 Å². The molecule has 2 aromatic heterocycles. The number of hydrogen-bond acceptors (Lipinski definition) is 5. The van der Waals surface area contributed by atoms with Gasteiger partial charge >= 0.3 is 0 Å². The minimum absolute atomic E-state index is 0.0871. The number of hydrogen-bond donors (Lipinski definition) is 2. The van der Waals surface area contributed by atoms with E-state index in [1.807, 2.05) is 25.1 Å². The predicted octanol–water partition coefficient (Wildman–Crippen LogP) is 5.27. The molecule has 1 aliphatic carbocycles. The molecule has 3 aromatic rings.